The van der Waals surface area contributed by atoms with Gasteiger partial charge in [0.1, 0.15) is 0 Å². The zero-order chi connectivity index (χ0) is 17.5. The molecule has 0 aromatic heterocycles. The van der Waals surface area contributed by atoms with E-state index in [-0.39, 0.29) is 11.6 Å². The summed E-state index contributed by atoms with van der Waals surface area (Å²) in [6.45, 7) is 4.07. The zero-order valence-electron chi connectivity index (χ0n) is 13.8. The predicted molar refractivity (Wildman–Crippen MR) is 96.0 cm³/mol. The van der Waals surface area contributed by atoms with Gasteiger partial charge in [-0.3, -0.25) is 14.9 Å². The van der Waals surface area contributed by atoms with Gasteiger partial charge in [0.15, 0.2) is 0 Å². The summed E-state index contributed by atoms with van der Waals surface area (Å²) in [6.07, 6.45) is 4.43. The van der Waals surface area contributed by atoms with E-state index in [0.29, 0.717) is 5.56 Å². The average Bonchev–Trinajstić information content (AvgIpc) is 2.60. The number of hydrogen-bond donors (Lipinski definition) is 1. The maximum atomic E-state index is 12.2. The lowest BCUT2D eigenvalue weighted by Crippen LogP contribution is -2.11. The molecular weight excluding hydrogens is 304 g/mol. The van der Waals surface area contributed by atoms with E-state index in [1.54, 1.807) is 18.2 Å². The third-order valence-corrected chi connectivity index (χ3v) is 3.79. The fourth-order valence-electron chi connectivity index (χ4n) is 2.53. The second kappa shape index (κ2) is 8.06. The third-order valence-electron chi connectivity index (χ3n) is 3.79. The molecule has 5 nitrogen and oxygen atoms in total. The number of nitro groups is 1. The molecule has 0 heterocycles. The molecule has 0 spiro atoms. The minimum atomic E-state index is -0.459. The number of aryl methyl sites for hydroxylation is 2. The maximum Gasteiger partial charge on any atom is 0.276 e. The number of para-hydroxylation sites is 2. The molecule has 124 valence electrons. The molecule has 0 aliphatic heterocycles. The number of amides is 1. The van der Waals surface area contributed by atoms with Crippen molar-refractivity contribution in [1.29, 1.82) is 0 Å². The van der Waals surface area contributed by atoms with Crippen LogP contribution in [0.1, 0.15) is 30.5 Å². The summed E-state index contributed by atoms with van der Waals surface area (Å²) in [4.78, 5) is 22.8. The summed E-state index contributed by atoms with van der Waals surface area (Å²) in [5.41, 5.74) is 3.35. The lowest BCUT2D eigenvalue weighted by molar-refractivity contribution is -0.385. The molecule has 0 aliphatic rings. The Labute approximate surface area is 141 Å². The Kier molecular flexibility index (Phi) is 5.84. The Bertz CT molecular complexity index is 760. The SMILES string of the molecule is CCc1cccc(CC)c1NC(=O)/C=C/c1ccccc1[N+](=O)[O-]. The van der Waals surface area contributed by atoms with Gasteiger partial charge in [-0.1, -0.05) is 44.2 Å². The van der Waals surface area contributed by atoms with Crippen LogP contribution in [0.2, 0.25) is 0 Å². The summed E-state index contributed by atoms with van der Waals surface area (Å²) >= 11 is 0. The van der Waals surface area contributed by atoms with Gasteiger partial charge in [0, 0.05) is 17.8 Å². The van der Waals surface area contributed by atoms with Crippen LogP contribution in [0.25, 0.3) is 6.08 Å². The number of rotatable bonds is 6. The van der Waals surface area contributed by atoms with Crippen molar-refractivity contribution in [2.75, 3.05) is 5.32 Å². The van der Waals surface area contributed by atoms with Crippen LogP contribution in [-0.2, 0) is 17.6 Å². The van der Waals surface area contributed by atoms with E-state index in [0.717, 1.165) is 29.7 Å². The number of nitrogens with one attached hydrogen (secondary N) is 1. The zero-order valence-corrected chi connectivity index (χ0v) is 13.8. The second-order valence-corrected chi connectivity index (χ2v) is 5.30. The van der Waals surface area contributed by atoms with Crippen LogP contribution in [0.3, 0.4) is 0 Å². The number of nitrogens with zero attached hydrogens (tertiary/aromatic N) is 1. The van der Waals surface area contributed by atoms with Gasteiger partial charge in [0.2, 0.25) is 5.91 Å². The third kappa shape index (κ3) is 4.07. The van der Waals surface area contributed by atoms with Crippen LogP contribution in [0.4, 0.5) is 11.4 Å². The highest BCUT2D eigenvalue weighted by Crippen LogP contribution is 2.23. The molecular formula is C19H20N2O3. The van der Waals surface area contributed by atoms with Crippen molar-refractivity contribution in [3.8, 4) is 0 Å². The summed E-state index contributed by atoms with van der Waals surface area (Å²) in [7, 11) is 0. The van der Waals surface area contributed by atoms with E-state index in [2.05, 4.69) is 5.32 Å². The topological polar surface area (TPSA) is 72.2 Å². The molecule has 0 saturated heterocycles. The molecule has 2 aromatic rings. The average molecular weight is 324 g/mol. The molecule has 0 fully saturated rings. The van der Waals surface area contributed by atoms with E-state index >= 15 is 0 Å². The number of carbonyl (C=O) groups is 1. The van der Waals surface area contributed by atoms with Crippen molar-refractivity contribution < 1.29 is 9.72 Å². The second-order valence-electron chi connectivity index (χ2n) is 5.30. The molecule has 0 aliphatic carbocycles. The summed E-state index contributed by atoms with van der Waals surface area (Å²) in [6, 6.07) is 12.3. The van der Waals surface area contributed by atoms with Crippen molar-refractivity contribution in [2.45, 2.75) is 26.7 Å². The lowest BCUT2D eigenvalue weighted by Gasteiger charge is -2.13. The Hall–Kier alpha value is -2.95. The molecule has 2 aromatic carbocycles. The first kappa shape index (κ1) is 17.4. The molecule has 1 amide bonds. The predicted octanol–water partition coefficient (Wildman–Crippen LogP) is 4.37. The van der Waals surface area contributed by atoms with Gasteiger partial charge in [-0.05, 0) is 36.1 Å². The van der Waals surface area contributed by atoms with Gasteiger partial charge in [-0.25, -0.2) is 0 Å². The summed E-state index contributed by atoms with van der Waals surface area (Å²) in [5, 5.41) is 13.9. The molecule has 2 rings (SSSR count). The van der Waals surface area contributed by atoms with Crippen molar-refractivity contribution in [3.05, 3.63) is 75.3 Å². The van der Waals surface area contributed by atoms with E-state index in [1.165, 1.54) is 18.2 Å². The van der Waals surface area contributed by atoms with Crippen LogP contribution < -0.4 is 5.32 Å². The Morgan fingerprint density at radius 2 is 1.71 bits per heavy atom. The highest BCUT2D eigenvalue weighted by atomic mass is 16.6. The molecule has 5 heteroatoms. The Balaban J connectivity index is 2.22. The number of anilines is 1. The Morgan fingerprint density at radius 1 is 1.08 bits per heavy atom. The number of benzene rings is 2. The van der Waals surface area contributed by atoms with E-state index in [1.807, 2.05) is 32.0 Å². The minimum absolute atomic E-state index is 0.0234. The van der Waals surface area contributed by atoms with Crippen LogP contribution in [-0.4, -0.2) is 10.8 Å². The van der Waals surface area contributed by atoms with Crippen molar-refractivity contribution in [3.63, 3.8) is 0 Å². The van der Waals surface area contributed by atoms with Crippen LogP contribution in [0.15, 0.2) is 48.5 Å². The smallest absolute Gasteiger partial charge is 0.276 e. The molecule has 0 saturated carbocycles. The Morgan fingerprint density at radius 3 is 2.29 bits per heavy atom. The van der Waals surface area contributed by atoms with E-state index in [4.69, 9.17) is 0 Å². The van der Waals surface area contributed by atoms with Gasteiger partial charge in [-0.15, -0.1) is 0 Å². The van der Waals surface area contributed by atoms with Gasteiger partial charge in [0.25, 0.3) is 5.69 Å². The number of carbonyl (C=O) groups excluding carboxylic acids is 1. The molecule has 0 unspecified atom stereocenters. The monoisotopic (exact) mass is 324 g/mol. The molecule has 1 N–H and O–H groups in total. The van der Waals surface area contributed by atoms with Crippen molar-refractivity contribution in [1.82, 2.24) is 0 Å². The van der Waals surface area contributed by atoms with E-state index < -0.39 is 4.92 Å². The van der Waals surface area contributed by atoms with Gasteiger partial charge >= 0.3 is 0 Å². The van der Waals surface area contributed by atoms with Crippen molar-refractivity contribution in [2.24, 2.45) is 0 Å². The van der Waals surface area contributed by atoms with Crippen LogP contribution >= 0.6 is 0 Å². The molecule has 0 atom stereocenters. The van der Waals surface area contributed by atoms with Crippen LogP contribution in [0.5, 0.6) is 0 Å². The minimum Gasteiger partial charge on any atom is -0.322 e. The fourth-order valence-corrected chi connectivity index (χ4v) is 2.53. The fraction of sp³-hybridized carbons (Fsp3) is 0.211. The van der Waals surface area contributed by atoms with Crippen LogP contribution in [0, 0.1) is 10.1 Å². The first-order chi connectivity index (χ1) is 11.6. The first-order valence-electron chi connectivity index (χ1n) is 7.90. The quantitative estimate of drug-likeness (QED) is 0.487. The highest BCUT2D eigenvalue weighted by Gasteiger charge is 2.11. The van der Waals surface area contributed by atoms with Gasteiger partial charge < -0.3 is 5.32 Å². The summed E-state index contributed by atoms with van der Waals surface area (Å²) < 4.78 is 0. The lowest BCUT2D eigenvalue weighted by atomic mass is 10.0. The van der Waals surface area contributed by atoms with Gasteiger partial charge in [0.05, 0.1) is 10.5 Å². The largest absolute Gasteiger partial charge is 0.322 e. The molecule has 24 heavy (non-hydrogen) atoms. The maximum absolute atomic E-state index is 12.2. The highest BCUT2D eigenvalue weighted by molar-refractivity contribution is 6.03. The number of hydrogen-bond acceptors (Lipinski definition) is 3. The molecule has 0 radical (unpaired) electrons. The standard InChI is InChI=1S/C19H20N2O3/c1-3-14-9-7-10-15(4-2)19(14)20-18(22)13-12-16-8-5-6-11-17(16)21(23)24/h5-13H,3-4H2,1-2H3,(H,20,22)/b13-12+. The normalized spacial score (nSPS) is 10.8. The first-order valence-corrected chi connectivity index (χ1v) is 7.90. The van der Waals surface area contributed by atoms with Crippen molar-refractivity contribution >= 4 is 23.4 Å². The summed E-state index contributed by atoms with van der Waals surface area (Å²) in [5.74, 6) is -0.302. The van der Waals surface area contributed by atoms with E-state index in [9.17, 15) is 14.9 Å². The van der Waals surface area contributed by atoms with Gasteiger partial charge in [-0.2, -0.15) is 0 Å². The molecule has 0 bridgehead atoms. The number of nitro benzene ring substituents is 1.